The highest BCUT2D eigenvalue weighted by Crippen LogP contribution is 2.15. The van der Waals surface area contributed by atoms with Crippen molar-refractivity contribution in [2.24, 2.45) is 0 Å². The minimum absolute atomic E-state index is 0.0963. The highest BCUT2D eigenvalue weighted by atomic mass is 16.4. The van der Waals surface area contributed by atoms with E-state index < -0.39 is 30.5 Å². The molecule has 5 unspecified atom stereocenters. The molecule has 0 rings (SSSR count). The van der Waals surface area contributed by atoms with Crippen LogP contribution in [0.3, 0.4) is 0 Å². The molecule has 0 saturated heterocycles. The summed E-state index contributed by atoms with van der Waals surface area (Å²) in [5, 5.41) is 51.6. The summed E-state index contributed by atoms with van der Waals surface area (Å²) in [4.78, 5) is 0. The zero-order chi connectivity index (χ0) is 17.7. The first kappa shape index (κ1) is 22.8. The van der Waals surface area contributed by atoms with Crippen LogP contribution in [0.15, 0.2) is 0 Å². The third kappa shape index (κ3) is 10.3. The van der Waals surface area contributed by atoms with Crippen LogP contribution < -0.4 is 5.32 Å². The van der Waals surface area contributed by atoms with Crippen LogP contribution in [0.4, 0.5) is 0 Å². The summed E-state index contributed by atoms with van der Waals surface area (Å²) in [5.74, 6) is 0. The molecule has 0 aliphatic carbocycles. The third-order valence-electron chi connectivity index (χ3n) is 4.25. The van der Waals surface area contributed by atoms with Crippen molar-refractivity contribution in [2.45, 2.75) is 95.2 Å². The monoisotopic (exact) mass is 335 g/mol. The van der Waals surface area contributed by atoms with E-state index in [-0.39, 0.29) is 6.54 Å². The molecule has 0 fully saturated rings. The van der Waals surface area contributed by atoms with Gasteiger partial charge in [-0.25, -0.2) is 0 Å². The Morgan fingerprint density at radius 2 is 1.13 bits per heavy atom. The lowest BCUT2D eigenvalue weighted by molar-refractivity contribution is -0.133. The molecule has 23 heavy (non-hydrogen) atoms. The van der Waals surface area contributed by atoms with Crippen LogP contribution in [0.5, 0.6) is 0 Å². The van der Waals surface area contributed by atoms with Gasteiger partial charge in [0.1, 0.15) is 18.3 Å². The lowest BCUT2D eigenvalue weighted by Gasteiger charge is -2.29. The Balaban J connectivity index is 3.85. The molecule has 0 spiro atoms. The topological polar surface area (TPSA) is 113 Å². The Kier molecular flexibility index (Phi) is 14.0. The summed E-state index contributed by atoms with van der Waals surface area (Å²) in [6.07, 6.45) is 2.66. The minimum atomic E-state index is -1.57. The number of rotatable bonds is 15. The van der Waals surface area contributed by atoms with Crippen molar-refractivity contribution in [1.82, 2.24) is 5.32 Å². The van der Waals surface area contributed by atoms with Gasteiger partial charge in [-0.05, 0) is 13.5 Å². The SMILES string of the molecule is CCCCCCCCCCC(O)C(O)C(O)C(O)C(O)CNC. The average Bonchev–Trinajstić information content (AvgIpc) is 2.55. The molecule has 6 nitrogen and oxygen atoms in total. The van der Waals surface area contributed by atoms with Crippen molar-refractivity contribution in [1.29, 1.82) is 0 Å². The quantitative estimate of drug-likeness (QED) is 0.244. The molecule has 140 valence electrons. The highest BCUT2D eigenvalue weighted by Gasteiger charge is 2.33. The molecule has 0 radical (unpaired) electrons. The van der Waals surface area contributed by atoms with Crippen molar-refractivity contribution in [3.8, 4) is 0 Å². The molecule has 0 bridgehead atoms. The lowest BCUT2D eigenvalue weighted by atomic mass is 9.96. The number of hydrogen-bond acceptors (Lipinski definition) is 6. The third-order valence-corrected chi connectivity index (χ3v) is 4.25. The predicted molar refractivity (Wildman–Crippen MR) is 91.2 cm³/mol. The Morgan fingerprint density at radius 1 is 0.652 bits per heavy atom. The van der Waals surface area contributed by atoms with E-state index in [0.29, 0.717) is 6.42 Å². The molecule has 5 atom stereocenters. The van der Waals surface area contributed by atoms with Crippen molar-refractivity contribution >= 4 is 0 Å². The van der Waals surface area contributed by atoms with E-state index in [0.717, 1.165) is 19.3 Å². The first-order valence-corrected chi connectivity index (χ1v) is 9.00. The molecule has 6 N–H and O–H groups in total. The molecule has 0 aromatic heterocycles. The van der Waals surface area contributed by atoms with Crippen LogP contribution >= 0.6 is 0 Å². The molecule has 0 aromatic carbocycles. The fourth-order valence-electron chi connectivity index (χ4n) is 2.65. The van der Waals surface area contributed by atoms with Gasteiger partial charge in [-0.15, -0.1) is 0 Å². The van der Waals surface area contributed by atoms with Gasteiger partial charge in [-0.2, -0.15) is 0 Å². The number of hydrogen-bond donors (Lipinski definition) is 6. The maximum absolute atomic E-state index is 9.90. The zero-order valence-electron chi connectivity index (χ0n) is 14.7. The Hall–Kier alpha value is -0.240. The first-order chi connectivity index (χ1) is 11.0. The molecule has 0 aliphatic rings. The molecule has 0 heterocycles. The summed E-state index contributed by atoms with van der Waals surface area (Å²) in [5.41, 5.74) is 0. The van der Waals surface area contributed by atoms with Gasteiger partial charge >= 0.3 is 0 Å². The fourth-order valence-corrected chi connectivity index (χ4v) is 2.65. The Morgan fingerprint density at radius 3 is 1.65 bits per heavy atom. The fraction of sp³-hybridized carbons (Fsp3) is 1.00. The first-order valence-electron chi connectivity index (χ1n) is 9.00. The summed E-state index contributed by atoms with van der Waals surface area (Å²) >= 11 is 0. The predicted octanol–water partition coefficient (Wildman–Crippen LogP) is 0.541. The standard InChI is InChI=1S/C17H37NO5/c1-3-4-5-6-7-8-9-10-11-13(19)15(21)17(23)16(22)14(20)12-18-2/h13-23H,3-12H2,1-2H3. The molecule has 6 heteroatoms. The second-order valence-electron chi connectivity index (χ2n) is 6.43. The van der Waals surface area contributed by atoms with Gasteiger partial charge in [0, 0.05) is 6.54 Å². The average molecular weight is 335 g/mol. The van der Waals surface area contributed by atoms with E-state index in [4.69, 9.17) is 0 Å². The van der Waals surface area contributed by atoms with Gasteiger partial charge in [0.15, 0.2) is 0 Å². The number of nitrogens with one attached hydrogen (secondary N) is 1. The van der Waals surface area contributed by atoms with E-state index >= 15 is 0 Å². The Bertz CT molecular complexity index is 267. The summed E-state index contributed by atoms with van der Waals surface area (Å²) in [6, 6.07) is 0. The van der Waals surface area contributed by atoms with Gasteiger partial charge in [-0.3, -0.25) is 0 Å². The molecule has 0 aliphatic heterocycles. The van der Waals surface area contributed by atoms with Crippen LogP contribution in [0.2, 0.25) is 0 Å². The minimum Gasteiger partial charge on any atom is -0.390 e. The van der Waals surface area contributed by atoms with Crippen molar-refractivity contribution in [2.75, 3.05) is 13.6 Å². The van der Waals surface area contributed by atoms with E-state index in [9.17, 15) is 25.5 Å². The highest BCUT2D eigenvalue weighted by molar-refractivity contribution is 4.85. The number of unbranched alkanes of at least 4 members (excludes halogenated alkanes) is 7. The van der Waals surface area contributed by atoms with Crippen molar-refractivity contribution in [3.05, 3.63) is 0 Å². The largest absolute Gasteiger partial charge is 0.390 e. The van der Waals surface area contributed by atoms with Crippen molar-refractivity contribution < 1.29 is 25.5 Å². The van der Waals surface area contributed by atoms with E-state index in [2.05, 4.69) is 12.2 Å². The summed E-state index contributed by atoms with van der Waals surface area (Å²) in [7, 11) is 1.61. The summed E-state index contributed by atoms with van der Waals surface area (Å²) < 4.78 is 0. The Labute approximate surface area is 140 Å². The second-order valence-corrected chi connectivity index (χ2v) is 6.43. The summed E-state index contributed by atoms with van der Waals surface area (Å²) in [6.45, 7) is 2.29. The molecule has 0 saturated carbocycles. The van der Waals surface area contributed by atoms with Gasteiger partial charge < -0.3 is 30.8 Å². The van der Waals surface area contributed by atoms with Crippen molar-refractivity contribution in [3.63, 3.8) is 0 Å². The smallest absolute Gasteiger partial charge is 0.111 e. The number of aliphatic hydroxyl groups is 5. The van der Waals surface area contributed by atoms with E-state index in [1.54, 1.807) is 7.05 Å². The van der Waals surface area contributed by atoms with Gasteiger partial charge in [-0.1, -0.05) is 58.3 Å². The van der Waals surface area contributed by atoms with Crippen LogP contribution in [0.25, 0.3) is 0 Å². The van der Waals surface area contributed by atoms with Crippen LogP contribution in [-0.2, 0) is 0 Å². The van der Waals surface area contributed by atoms with Crippen LogP contribution in [0, 0.1) is 0 Å². The lowest BCUT2D eigenvalue weighted by Crippen LogP contribution is -2.51. The van der Waals surface area contributed by atoms with E-state index in [1.165, 1.54) is 32.1 Å². The molecular weight excluding hydrogens is 298 g/mol. The number of aliphatic hydroxyl groups excluding tert-OH is 5. The van der Waals surface area contributed by atoms with Gasteiger partial charge in [0.2, 0.25) is 0 Å². The molecule has 0 amide bonds. The maximum atomic E-state index is 9.90. The number of likely N-dealkylation sites (N-methyl/N-ethyl adjacent to an activating group) is 1. The van der Waals surface area contributed by atoms with Gasteiger partial charge in [0.05, 0.1) is 12.2 Å². The van der Waals surface area contributed by atoms with E-state index in [1.807, 2.05) is 0 Å². The maximum Gasteiger partial charge on any atom is 0.111 e. The normalized spacial score (nSPS) is 18.4. The van der Waals surface area contributed by atoms with Crippen LogP contribution in [-0.4, -0.2) is 69.6 Å². The van der Waals surface area contributed by atoms with Crippen LogP contribution in [0.1, 0.15) is 64.7 Å². The molecular formula is C17H37NO5. The second kappa shape index (κ2) is 14.1. The zero-order valence-corrected chi connectivity index (χ0v) is 14.7. The molecule has 0 aromatic rings. The van der Waals surface area contributed by atoms with Gasteiger partial charge in [0.25, 0.3) is 0 Å².